The fourth-order valence-corrected chi connectivity index (χ4v) is 4.85. The number of hydrogen-bond donors (Lipinski definition) is 2. The molecule has 0 atom stereocenters. The van der Waals surface area contributed by atoms with Crippen molar-refractivity contribution in [2.45, 2.75) is 45.8 Å². The summed E-state index contributed by atoms with van der Waals surface area (Å²) in [5, 5.41) is 18.7. The summed E-state index contributed by atoms with van der Waals surface area (Å²) in [4.78, 5) is 22.9. The van der Waals surface area contributed by atoms with E-state index in [0.717, 1.165) is 41.5 Å². The molecule has 1 saturated heterocycles. The third kappa shape index (κ3) is 5.50. The molecule has 2 N–H and O–H groups in total. The number of rotatable bonds is 9. The second-order valence-corrected chi connectivity index (χ2v) is 9.25. The molecule has 6 nitrogen and oxygen atoms in total. The zero-order valence-electron chi connectivity index (χ0n) is 21.4. The Kier molecular flexibility index (Phi) is 7.91. The summed E-state index contributed by atoms with van der Waals surface area (Å²) in [6.45, 7) is 7.53. The quantitative estimate of drug-likeness (QED) is 0.314. The molecule has 3 aromatic carbocycles. The van der Waals surface area contributed by atoms with E-state index in [-0.39, 0.29) is 11.1 Å². The predicted octanol–water partition coefficient (Wildman–Crippen LogP) is 6.79. The van der Waals surface area contributed by atoms with Crippen LogP contribution in [0, 0.1) is 6.92 Å². The Hall–Kier alpha value is -3.74. The van der Waals surface area contributed by atoms with E-state index >= 15 is 0 Å². The van der Waals surface area contributed by atoms with Gasteiger partial charge in [-0.25, -0.2) is 9.59 Å². The van der Waals surface area contributed by atoms with Crippen molar-refractivity contribution in [3.8, 4) is 11.1 Å². The van der Waals surface area contributed by atoms with Crippen LogP contribution in [0.15, 0.2) is 54.6 Å². The first-order valence-electron chi connectivity index (χ1n) is 12.6. The second-order valence-electron chi connectivity index (χ2n) is 9.25. The normalized spacial score (nSPS) is 14.8. The van der Waals surface area contributed by atoms with Gasteiger partial charge >= 0.3 is 11.9 Å². The molecule has 0 amide bonds. The van der Waals surface area contributed by atoms with Gasteiger partial charge in [0, 0.05) is 12.0 Å². The molecule has 0 bridgehead atoms. The Labute approximate surface area is 217 Å². The van der Waals surface area contributed by atoms with Gasteiger partial charge in [0.05, 0.1) is 24.3 Å². The van der Waals surface area contributed by atoms with Crippen molar-refractivity contribution in [1.29, 1.82) is 0 Å². The van der Waals surface area contributed by atoms with E-state index < -0.39 is 17.7 Å². The summed E-state index contributed by atoms with van der Waals surface area (Å²) < 4.78 is 12.0. The van der Waals surface area contributed by atoms with Crippen molar-refractivity contribution in [1.82, 2.24) is 0 Å². The zero-order chi connectivity index (χ0) is 26.6. The van der Waals surface area contributed by atoms with Gasteiger partial charge in [-0.1, -0.05) is 62.8 Å². The fourth-order valence-electron chi connectivity index (χ4n) is 4.85. The lowest BCUT2D eigenvalue weighted by Crippen LogP contribution is -2.26. The average Bonchev–Trinajstić information content (AvgIpc) is 3.39. The maximum absolute atomic E-state index is 11.5. The topological polar surface area (TPSA) is 93.1 Å². The molecule has 1 fully saturated rings. The minimum Gasteiger partial charge on any atom is -0.478 e. The van der Waals surface area contributed by atoms with Crippen LogP contribution in [0.3, 0.4) is 0 Å². The van der Waals surface area contributed by atoms with Gasteiger partial charge in [0.1, 0.15) is 0 Å². The van der Waals surface area contributed by atoms with Gasteiger partial charge < -0.3 is 19.7 Å². The largest absolute Gasteiger partial charge is 0.478 e. The van der Waals surface area contributed by atoms with Gasteiger partial charge in [0.25, 0.3) is 0 Å². The van der Waals surface area contributed by atoms with Crippen molar-refractivity contribution >= 4 is 24.1 Å². The van der Waals surface area contributed by atoms with Crippen molar-refractivity contribution < 1.29 is 29.3 Å². The van der Waals surface area contributed by atoms with Crippen molar-refractivity contribution in [3.63, 3.8) is 0 Å². The lowest BCUT2D eigenvalue weighted by Gasteiger charge is -2.27. The number of ether oxygens (including phenoxy) is 2. The predicted molar refractivity (Wildman–Crippen MR) is 144 cm³/mol. The lowest BCUT2D eigenvalue weighted by molar-refractivity contribution is -0.167. The monoisotopic (exact) mass is 500 g/mol. The molecule has 6 heteroatoms. The third-order valence-corrected chi connectivity index (χ3v) is 6.81. The molecule has 3 aromatic rings. The maximum atomic E-state index is 11.5. The highest BCUT2D eigenvalue weighted by atomic mass is 16.7. The summed E-state index contributed by atoms with van der Waals surface area (Å²) in [6.07, 6.45) is 6.38. The molecule has 1 aliphatic heterocycles. The highest BCUT2D eigenvalue weighted by molar-refractivity contribution is 6.02. The van der Waals surface area contributed by atoms with Crippen LogP contribution in [0.4, 0.5) is 0 Å². The molecule has 0 radical (unpaired) electrons. The number of aryl methyl sites for hydroxylation is 2. The molecule has 0 unspecified atom stereocenters. The van der Waals surface area contributed by atoms with Crippen LogP contribution in [0.25, 0.3) is 23.3 Å². The number of hydrogen-bond acceptors (Lipinski definition) is 4. The van der Waals surface area contributed by atoms with Crippen LogP contribution >= 0.6 is 0 Å². The highest BCUT2D eigenvalue weighted by Gasteiger charge is 2.37. The Morgan fingerprint density at radius 3 is 2.11 bits per heavy atom. The molecular weight excluding hydrogens is 468 g/mol. The SMILES string of the molecule is CCCc1cc(C2(CC)OCCO2)ccc1-c1cc(C=Cc2ccc(C(=O)O)c(C(=O)O)c2)ccc1C. The summed E-state index contributed by atoms with van der Waals surface area (Å²) in [5.41, 5.74) is 6.85. The van der Waals surface area contributed by atoms with Gasteiger partial charge in [-0.2, -0.15) is 0 Å². The van der Waals surface area contributed by atoms with Crippen LogP contribution in [0.2, 0.25) is 0 Å². The van der Waals surface area contributed by atoms with Crippen LogP contribution in [-0.4, -0.2) is 35.4 Å². The number of carboxylic acids is 2. The fraction of sp³-hybridized carbons (Fsp3) is 0.290. The summed E-state index contributed by atoms with van der Waals surface area (Å²) in [6, 6.07) is 17.0. The number of carbonyl (C=O) groups is 2. The van der Waals surface area contributed by atoms with Gasteiger partial charge in [0.2, 0.25) is 0 Å². The Morgan fingerprint density at radius 1 is 0.838 bits per heavy atom. The first kappa shape index (κ1) is 26.3. The van der Waals surface area contributed by atoms with Gasteiger partial charge in [-0.15, -0.1) is 0 Å². The standard InChI is InChI=1S/C31H32O6/c1-4-6-23-19-24(31(5-2)36-15-16-37-31)12-14-25(23)27-17-21(8-7-20(27)3)9-10-22-11-13-26(29(32)33)28(18-22)30(34)35/h7-14,17-19H,4-6,15-16H2,1-3H3,(H,32,33)(H,34,35). The van der Waals surface area contributed by atoms with Gasteiger partial charge in [0.15, 0.2) is 5.79 Å². The van der Waals surface area contributed by atoms with Crippen molar-refractivity contribution in [2.24, 2.45) is 0 Å². The minimum atomic E-state index is -1.27. The van der Waals surface area contributed by atoms with Crippen molar-refractivity contribution in [3.05, 3.63) is 93.5 Å². The van der Waals surface area contributed by atoms with E-state index in [0.29, 0.717) is 18.8 Å². The minimum absolute atomic E-state index is 0.229. The molecule has 37 heavy (non-hydrogen) atoms. The molecule has 0 spiro atoms. The second kappa shape index (κ2) is 11.1. The maximum Gasteiger partial charge on any atom is 0.336 e. The summed E-state index contributed by atoms with van der Waals surface area (Å²) >= 11 is 0. The van der Waals surface area contributed by atoms with Crippen LogP contribution in [0.5, 0.6) is 0 Å². The zero-order valence-corrected chi connectivity index (χ0v) is 21.4. The van der Waals surface area contributed by atoms with Crippen LogP contribution < -0.4 is 0 Å². The van der Waals surface area contributed by atoms with E-state index in [2.05, 4.69) is 51.1 Å². The Morgan fingerprint density at radius 2 is 1.49 bits per heavy atom. The first-order valence-corrected chi connectivity index (χ1v) is 12.6. The third-order valence-electron chi connectivity index (χ3n) is 6.81. The van der Waals surface area contributed by atoms with Gasteiger partial charge in [-0.3, -0.25) is 0 Å². The number of benzene rings is 3. The highest BCUT2D eigenvalue weighted by Crippen LogP contribution is 2.38. The van der Waals surface area contributed by atoms with Crippen molar-refractivity contribution in [2.75, 3.05) is 13.2 Å². The summed E-state index contributed by atoms with van der Waals surface area (Å²) in [7, 11) is 0. The van der Waals surface area contributed by atoms with E-state index in [1.807, 2.05) is 12.1 Å². The lowest BCUT2D eigenvalue weighted by atomic mass is 9.89. The molecule has 1 heterocycles. The summed E-state index contributed by atoms with van der Waals surface area (Å²) in [5.74, 6) is -3.21. The van der Waals surface area contributed by atoms with Gasteiger partial charge in [-0.05, 0) is 71.0 Å². The smallest absolute Gasteiger partial charge is 0.336 e. The van der Waals surface area contributed by atoms with E-state index in [1.165, 1.54) is 23.3 Å². The molecule has 0 aromatic heterocycles. The molecule has 0 saturated carbocycles. The van der Waals surface area contributed by atoms with E-state index in [9.17, 15) is 19.8 Å². The molecule has 4 rings (SSSR count). The Bertz CT molecular complexity index is 1350. The van der Waals surface area contributed by atoms with E-state index in [1.54, 1.807) is 12.1 Å². The number of aromatic carboxylic acids is 2. The molecule has 192 valence electrons. The van der Waals surface area contributed by atoms with E-state index in [4.69, 9.17) is 9.47 Å². The molecule has 0 aliphatic carbocycles. The average molecular weight is 501 g/mol. The number of carboxylic acid groups (broad SMARTS) is 2. The molecular formula is C31H32O6. The molecule has 1 aliphatic rings. The van der Waals surface area contributed by atoms with Crippen LogP contribution in [0.1, 0.15) is 75.2 Å². The first-order chi connectivity index (χ1) is 17.8. The Balaban J connectivity index is 1.70. The van der Waals surface area contributed by atoms with Crippen LogP contribution in [-0.2, 0) is 21.7 Å².